The monoisotopic (exact) mass is 432 g/mol. The smallest absolute Gasteiger partial charge is 0.322 e. The summed E-state index contributed by atoms with van der Waals surface area (Å²) >= 11 is 0. The van der Waals surface area contributed by atoms with Gasteiger partial charge in [-0.1, -0.05) is 70.5 Å². The van der Waals surface area contributed by atoms with Crippen LogP contribution in [-0.4, -0.2) is 19.5 Å². The lowest BCUT2D eigenvalue weighted by molar-refractivity contribution is 0.582. The highest BCUT2D eigenvalue weighted by molar-refractivity contribution is 5.80. The van der Waals surface area contributed by atoms with E-state index >= 15 is 0 Å². The summed E-state index contributed by atoms with van der Waals surface area (Å²) in [6, 6.07) is 14.7. The molecule has 32 heavy (non-hydrogen) atoms. The maximum atomic E-state index is 12.4. The Labute approximate surface area is 188 Å². The predicted molar refractivity (Wildman–Crippen MR) is 131 cm³/mol. The Balaban J connectivity index is 0.00000141. The van der Waals surface area contributed by atoms with Crippen LogP contribution in [0.5, 0.6) is 0 Å². The first kappa shape index (κ1) is 23.4. The molecule has 0 radical (unpaired) electrons. The highest BCUT2D eigenvalue weighted by atomic mass is 16.2. The van der Waals surface area contributed by atoms with Gasteiger partial charge in [0, 0.05) is 6.54 Å². The maximum Gasteiger partial charge on any atom is 0.349 e. The molecule has 0 saturated heterocycles. The molecule has 2 aliphatic rings. The second-order valence-electron chi connectivity index (χ2n) is 8.31. The summed E-state index contributed by atoms with van der Waals surface area (Å²) in [5.74, 6) is 1.01. The Bertz CT molecular complexity index is 1290. The molecule has 2 aromatic rings. The first-order chi connectivity index (χ1) is 15.3. The third-order valence-corrected chi connectivity index (χ3v) is 5.73. The molecule has 6 heteroatoms. The third-order valence-electron chi connectivity index (χ3n) is 5.73. The molecule has 168 valence electrons. The van der Waals surface area contributed by atoms with Gasteiger partial charge in [-0.05, 0) is 48.4 Å². The van der Waals surface area contributed by atoms with Crippen LogP contribution in [0.4, 0.5) is 0 Å². The molecule has 0 aliphatic carbocycles. The van der Waals surface area contributed by atoms with Crippen molar-refractivity contribution in [3.63, 3.8) is 0 Å². The second-order valence-corrected chi connectivity index (χ2v) is 8.31. The molecular weight excluding hydrogens is 400 g/mol. The van der Waals surface area contributed by atoms with E-state index in [0.717, 1.165) is 23.0 Å². The Hall–Kier alpha value is -3.28. The molecule has 0 spiro atoms. The normalized spacial score (nSPS) is 12.1. The average Bonchev–Trinajstić information content (AvgIpc) is 2.78. The van der Waals surface area contributed by atoms with Gasteiger partial charge in [-0.25, -0.2) is 9.78 Å². The van der Waals surface area contributed by atoms with Gasteiger partial charge < -0.3 is 4.57 Å². The fourth-order valence-electron chi connectivity index (χ4n) is 3.79. The summed E-state index contributed by atoms with van der Waals surface area (Å²) in [5.41, 5.74) is 4.32. The van der Waals surface area contributed by atoms with Crippen molar-refractivity contribution >= 4 is 11.0 Å². The third kappa shape index (κ3) is 4.79. The maximum absolute atomic E-state index is 12.4. The molecule has 1 unspecified atom stereocenters. The van der Waals surface area contributed by atoms with Crippen LogP contribution in [0.15, 0.2) is 52.1 Å². The minimum absolute atomic E-state index is 0.200. The van der Waals surface area contributed by atoms with Crippen molar-refractivity contribution in [2.45, 2.75) is 66.3 Å². The van der Waals surface area contributed by atoms with Crippen molar-refractivity contribution in [1.82, 2.24) is 19.5 Å². The first-order valence-electron chi connectivity index (χ1n) is 11.3. The van der Waals surface area contributed by atoms with Crippen LogP contribution in [0.1, 0.15) is 69.6 Å². The molecule has 0 saturated carbocycles. The van der Waals surface area contributed by atoms with Gasteiger partial charge in [-0.15, -0.1) is 0 Å². The molecule has 1 N–H and O–H groups in total. The van der Waals surface area contributed by atoms with Crippen molar-refractivity contribution < 1.29 is 0 Å². The minimum Gasteiger partial charge on any atom is -0.322 e. The van der Waals surface area contributed by atoms with Crippen LogP contribution in [0.2, 0.25) is 0 Å². The summed E-state index contributed by atoms with van der Waals surface area (Å²) in [7, 11) is 0. The van der Waals surface area contributed by atoms with Gasteiger partial charge in [0.15, 0.2) is 11.5 Å². The fraction of sp³-hybridized carbons (Fsp3) is 0.385. The van der Waals surface area contributed by atoms with E-state index in [1.54, 1.807) is 0 Å². The molecule has 6 nitrogen and oxygen atoms in total. The summed E-state index contributed by atoms with van der Waals surface area (Å²) in [4.78, 5) is 35.2. The average molecular weight is 433 g/mol. The number of aryl methyl sites for hydroxylation is 2. The molecule has 1 atom stereocenters. The highest BCUT2D eigenvalue weighted by Crippen LogP contribution is 2.27. The van der Waals surface area contributed by atoms with Gasteiger partial charge in [-0.2, -0.15) is 4.98 Å². The predicted octanol–water partition coefficient (Wildman–Crippen LogP) is 5.24. The largest absolute Gasteiger partial charge is 0.349 e. The molecule has 0 aromatic heterocycles. The number of rotatable bonds is 5. The summed E-state index contributed by atoms with van der Waals surface area (Å²) in [6.45, 7) is 13.1. The quantitative estimate of drug-likeness (QED) is 0.438. The van der Waals surface area contributed by atoms with Crippen LogP contribution < -0.4 is 11.2 Å². The van der Waals surface area contributed by atoms with E-state index in [-0.39, 0.29) is 5.69 Å². The van der Waals surface area contributed by atoms with E-state index in [1.165, 1.54) is 11.1 Å². The molecule has 4 rings (SSSR count). The molecule has 0 amide bonds. The van der Waals surface area contributed by atoms with Crippen LogP contribution in [0.3, 0.4) is 0 Å². The number of hydrogen-bond acceptors (Lipinski definition) is 4. The van der Waals surface area contributed by atoms with E-state index in [1.807, 2.05) is 30.5 Å². The number of nitrogens with one attached hydrogen (secondary N) is 1. The fourth-order valence-corrected chi connectivity index (χ4v) is 3.79. The number of aromatic nitrogens is 4. The lowest BCUT2D eigenvalue weighted by atomic mass is 9.96. The van der Waals surface area contributed by atoms with Crippen molar-refractivity contribution in [3.8, 4) is 11.5 Å². The zero-order chi connectivity index (χ0) is 23.4. The van der Waals surface area contributed by atoms with Gasteiger partial charge >= 0.3 is 5.69 Å². The minimum atomic E-state index is -0.646. The molecule has 0 fully saturated rings. The number of hydrogen-bond donors (Lipinski definition) is 1. The zero-order valence-electron chi connectivity index (χ0n) is 19.8. The lowest BCUT2D eigenvalue weighted by Crippen LogP contribution is -2.29. The lowest BCUT2D eigenvalue weighted by Gasteiger charge is -2.20. The van der Waals surface area contributed by atoms with Crippen LogP contribution in [0.25, 0.3) is 22.6 Å². The number of H-pyrrole nitrogens is 1. The SMILES string of the molecule is CC.Cc1ccc(C(C)CCn2c3nc(=O)[nH]c(=O)c-3nc3cc(C(C)C)ccc32)cc1. The standard InChI is InChI=1S/C24H26N4O2.C2H6/c1-14(2)18-9-10-20-19(13-18)25-21-22(26-24(30)27-23(21)29)28(20)12-11-16(4)17-7-5-15(3)6-8-17;1-2/h5-10,13-14,16H,11-12H2,1-4H3,(H,27,29,30);1-2H3. The number of nitrogens with zero attached hydrogens (tertiary/aromatic N) is 3. The summed E-state index contributed by atoms with van der Waals surface area (Å²) in [6.07, 6.45) is 0.844. The summed E-state index contributed by atoms with van der Waals surface area (Å²) in [5, 5.41) is 0. The van der Waals surface area contributed by atoms with Crippen LogP contribution in [0, 0.1) is 6.92 Å². The van der Waals surface area contributed by atoms with Gasteiger partial charge in [0.1, 0.15) is 0 Å². The van der Waals surface area contributed by atoms with Crippen molar-refractivity contribution in [3.05, 3.63) is 80.0 Å². The van der Waals surface area contributed by atoms with Crippen molar-refractivity contribution in [2.24, 2.45) is 0 Å². The van der Waals surface area contributed by atoms with Gasteiger partial charge in [-0.3, -0.25) is 9.78 Å². The van der Waals surface area contributed by atoms with Crippen molar-refractivity contribution in [1.29, 1.82) is 0 Å². The number of aromatic amines is 1. The Morgan fingerprint density at radius 2 is 1.59 bits per heavy atom. The Kier molecular flexibility index (Phi) is 7.23. The number of benzene rings is 2. The Morgan fingerprint density at radius 1 is 0.938 bits per heavy atom. The van der Waals surface area contributed by atoms with Gasteiger partial charge in [0.25, 0.3) is 5.56 Å². The zero-order valence-corrected chi connectivity index (χ0v) is 19.8. The molecular formula is C26H32N4O2. The van der Waals surface area contributed by atoms with E-state index in [2.05, 4.69) is 73.0 Å². The van der Waals surface area contributed by atoms with Gasteiger partial charge in [0.05, 0.1) is 11.0 Å². The second kappa shape index (κ2) is 9.90. The number of fused-ring (bicyclic) bond motifs is 2. The van der Waals surface area contributed by atoms with Crippen molar-refractivity contribution in [2.75, 3.05) is 0 Å². The van der Waals surface area contributed by atoms with E-state index in [9.17, 15) is 9.59 Å². The Morgan fingerprint density at radius 3 is 2.25 bits per heavy atom. The van der Waals surface area contributed by atoms with Gasteiger partial charge in [0.2, 0.25) is 0 Å². The topological polar surface area (TPSA) is 80.6 Å². The van der Waals surface area contributed by atoms with E-state index < -0.39 is 11.2 Å². The van der Waals surface area contributed by atoms with Crippen LogP contribution >= 0.6 is 0 Å². The molecule has 2 aromatic carbocycles. The first-order valence-corrected chi connectivity index (χ1v) is 11.3. The van der Waals surface area contributed by atoms with E-state index in [4.69, 9.17) is 0 Å². The van der Waals surface area contributed by atoms with E-state index in [0.29, 0.717) is 24.2 Å². The molecule has 0 bridgehead atoms. The highest BCUT2D eigenvalue weighted by Gasteiger charge is 2.19. The van der Waals surface area contributed by atoms with Crippen LogP contribution in [-0.2, 0) is 6.54 Å². The summed E-state index contributed by atoms with van der Waals surface area (Å²) < 4.78 is 1.96. The molecule has 2 heterocycles. The molecule has 2 aliphatic heterocycles.